The van der Waals surface area contributed by atoms with Crippen LogP contribution in [-0.2, 0) is 16.1 Å². The summed E-state index contributed by atoms with van der Waals surface area (Å²) in [6.45, 7) is 3.63. The molecule has 1 fully saturated rings. The molecule has 0 unspecified atom stereocenters. The number of amides is 1. The Bertz CT molecular complexity index is 688. The third-order valence-electron chi connectivity index (χ3n) is 4.32. The number of ether oxygens (including phenoxy) is 2. The van der Waals surface area contributed by atoms with Crippen molar-refractivity contribution >= 4 is 28.8 Å². The molecular formula is C20H25ClN2O3S. The molecular weight excluding hydrogens is 384 g/mol. The number of halogens is 1. The predicted molar refractivity (Wildman–Crippen MR) is 109 cm³/mol. The average molecular weight is 409 g/mol. The Morgan fingerprint density at radius 2 is 2.19 bits per heavy atom. The van der Waals surface area contributed by atoms with Crippen LogP contribution in [0.25, 0.3) is 0 Å². The zero-order valence-electron chi connectivity index (χ0n) is 15.2. The molecule has 2 heterocycles. The Labute approximate surface area is 169 Å². The van der Waals surface area contributed by atoms with Crippen LogP contribution in [0.15, 0.2) is 41.8 Å². The smallest absolute Gasteiger partial charge is 0.234 e. The van der Waals surface area contributed by atoms with E-state index in [0.29, 0.717) is 24.7 Å². The standard InChI is InChI=1S/C20H25ClN2O3S/c21-16-5-7-17(8-6-16)26-11-9-22-20(24)15-23(13-18-3-1-10-25-18)14-19-4-2-12-27-19/h2,4-8,12,18H,1,3,9-11,13-15H2,(H,22,24)/t18-/m1/s1. The summed E-state index contributed by atoms with van der Waals surface area (Å²) in [4.78, 5) is 15.8. The van der Waals surface area contributed by atoms with Gasteiger partial charge in [-0.2, -0.15) is 0 Å². The molecule has 1 aliphatic heterocycles. The van der Waals surface area contributed by atoms with E-state index in [2.05, 4.69) is 21.7 Å². The van der Waals surface area contributed by atoms with Crippen LogP contribution in [0.2, 0.25) is 5.02 Å². The topological polar surface area (TPSA) is 50.8 Å². The first-order chi connectivity index (χ1) is 13.2. The highest BCUT2D eigenvalue weighted by Gasteiger charge is 2.21. The van der Waals surface area contributed by atoms with Crippen LogP contribution in [-0.4, -0.2) is 49.8 Å². The number of hydrogen-bond donors (Lipinski definition) is 1. The maximum absolute atomic E-state index is 12.3. The first-order valence-corrected chi connectivity index (χ1v) is 10.5. The van der Waals surface area contributed by atoms with Gasteiger partial charge in [-0.25, -0.2) is 0 Å². The van der Waals surface area contributed by atoms with Crippen molar-refractivity contribution in [2.24, 2.45) is 0 Å². The lowest BCUT2D eigenvalue weighted by Gasteiger charge is -2.24. The molecule has 3 rings (SSSR count). The predicted octanol–water partition coefficient (Wildman–Crippen LogP) is 3.58. The fourth-order valence-corrected chi connectivity index (χ4v) is 3.91. The molecule has 1 aromatic heterocycles. The summed E-state index contributed by atoms with van der Waals surface area (Å²) >= 11 is 7.56. The number of nitrogens with zero attached hydrogens (tertiary/aromatic N) is 1. The summed E-state index contributed by atoms with van der Waals surface area (Å²) in [6.07, 6.45) is 2.40. The van der Waals surface area contributed by atoms with Gasteiger partial charge in [-0.3, -0.25) is 9.69 Å². The summed E-state index contributed by atoms with van der Waals surface area (Å²) in [5.41, 5.74) is 0. The largest absolute Gasteiger partial charge is 0.492 e. The van der Waals surface area contributed by atoms with E-state index in [1.807, 2.05) is 18.2 Å². The normalized spacial score (nSPS) is 16.6. The van der Waals surface area contributed by atoms with Gasteiger partial charge in [0, 0.05) is 29.6 Å². The van der Waals surface area contributed by atoms with Crippen molar-refractivity contribution in [3.05, 3.63) is 51.7 Å². The Morgan fingerprint density at radius 3 is 2.89 bits per heavy atom. The average Bonchev–Trinajstić information content (AvgIpc) is 3.34. The monoisotopic (exact) mass is 408 g/mol. The van der Waals surface area contributed by atoms with Crippen LogP contribution in [0.5, 0.6) is 5.75 Å². The highest BCUT2D eigenvalue weighted by molar-refractivity contribution is 7.09. The van der Waals surface area contributed by atoms with E-state index < -0.39 is 0 Å². The van der Waals surface area contributed by atoms with E-state index in [4.69, 9.17) is 21.1 Å². The van der Waals surface area contributed by atoms with Gasteiger partial charge in [-0.1, -0.05) is 17.7 Å². The minimum atomic E-state index is 0.00394. The fraction of sp³-hybridized carbons (Fsp3) is 0.450. The zero-order chi connectivity index (χ0) is 18.9. The molecule has 0 saturated carbocycles. The molecule has 2 aromatic rings. The lowest BCUT2D eigenvalue weighted by molar-refractivity contribution is -0.122. The molecule has 0 bridgehead atoms. The van der Waals surface area contributed by atoms with Crippen LogP contribution in [0.3, 0.4) is 0 Å². The zero-order valence-corrected chi connectivity index (χ0v) is 16.8. The van der Waals surface area contributed by atoms with Crippen molar-refractivity contribution in [1.82, 2.24) is 10.2 Å². The van der Waals surface area contributed by atoms with Crippen LogP contribution < -0.4 is 10.1 Å². The van der Waals surface area contributed by atoms with Crippen molar-refractivity contribution in [3.63, 3.8) is 0 Å². The Balaban J connectivity index is 1.41. The highest BCUT2D eigenvalue weighted by Crippen LogP contribution is 2.17. The summed E-state index contributed by atoms with van der Waals surface area (Å²) in [5, 5.41) is 5.67. The van der Waals surface area contributed by atoms with E-state index in [1.54, 1.807) is 23.5 Å². The van der Waals surface area contributed by atoms with E-state index in [-0.39, 0.29) is 12.0 Å². The molecule has 1 N–H and O–H groups in total. The van der Waals surface area contributed by atoms with Crippen molar-refractivity contribution < 1.29 is 14.3 Å². The second-order valence-electron chi connectivity index (χ2n) is 6.54. The number of benzene rings is 1. The minimum Gasteiger partial charge on any atom is -0.492 e. The Kier molecular flexibility index (Phi) is 7.95. The number of rotatable bonds is 10. The Hall–Kier alpha value is -1.60. The van der Waals surface area contributed by atoms with Gasteiger partial charge >= 0.3 is 0 Å². The third kappa shape index (κ3) is 7.14. The number of nitrogens with one attached hydrogen (secondary N) is 1. The maximum Gasteiger partial charge on any atom is 0.234 e. The second kappa shape index (κ2) is 10.7. The lowest BCUT2D eigenvalue weighted by Crippen LogP contribution is -2.41. The van der Waals surface area contributed by atoms with Crippen molar-refractivity contribution in [2.75, 3.05) is 32.8 Å². The number of thiophene rings is 1. The highest BCUT2D eigenvalue weighted by atomic mass is 35.5. The van der Waals surface area contributed by atoms with E-state index in [0.717, 1.165) is 38.3 Å². The van der Waals surface area contributed by atoms with Crippen LogP contribution in [0, 0.1) is 0 Å². The minimum absolute atomic E-state index is 0.00394. The quantitative estimate of drug-likeness (QED) is 0.610. The molecule has 27 heavy (non-hydrogen) atoms. The fourth-order valence-electron chi connectivity index (χ4n) is 3.03. The third-order valence-corrected chi connectivity index (χ3v) is 5.43. The molecule has 1 amide bonds. The summed E-state index contributed by atoms with van der Waals surface area (Å²) in [7, 11) is 0. The van der Waals surface area contributed by atoms with Crippen molar-refractivity contribution in [2.45, 2.75) is 25.5 Å². The maximum atomic E-state index is 12.3. The first-order valence-electron chi connectivity index (χ1n) is 9.20. The second-order valence-corrected chi connectivity index (χ2v) is 8.01. The molecule has 0 spiro atoms. The SMILES string of the molecule is O=C(CN(Cc1cccs1)C[C@H]1CCCO1)NCCOc1ccc(Cl)cc1. The van der Waals surface area contributed by atoms with Crippen LogP contribution in [0.1, 0.15) is 17.7 Å². The van der Waals surface area contributed by atoms with Gasteiger partial charge in [0.15, 0.2) is 0 Å². The molecule has 1 aromatic carbocycles. The molecule has 7 heteroatoms. The number of hydrogen-bond acceptors (Lipinski definition) is 5. The molecule has 1 aliphatic rings. The summed E-state index contributed by atoms with van der Waals surface area (Å²) in [6, 6.07) is 11.3. The van der Waals surface area contributed by atoms with Gasteiger partial charge in [0.1, 0.15) is 12.4 Å². The molecule has 1 saturated heterocycles. The van der Waals surface area contributed by atoms with Gasteiger partial charge in [-0.05, 0) is 48.6 Å². The van der Waals surface area contributed by atoms with Crippen molar-refractivity contribution in [3.8, 4) is 5.75 Å². The van der Waals surface area contributed by atoms with Crippen LogP contribution in [0.4, 0.5) is 0 Å². The van der Waals surface area contributed by atoms with Crippen LogP contribution >= 0.6 is 22.9 Å². The van der Waals surface area contributed by atoms with Gasteiger partial charge < -0.3 is 14.8 Å². The van der Waals surface area contributed by atoms with Gasteiger partial charge in [0.25, 0.3) is 0 Å². The lowest BCUT2D eigenvalue weighted by atomic mass is 10.2. The van der Waals surface area contributed by atoms with Crippen molar-refractivity contribution in [1.29, 1.82) is 0 Å². The molecule has 0 radical (unpaired) electrons. The number of carbonyl (C=O) groups excluding carboxylic acids is 1. The summed E-state index contributed by atoms with van der Waals surface area (Å²) in [5.74, 6) is 0.746. The molecule has 1 atom stereocenters. The van der Waals surface area contributed by atoms with E-state index >= 15 is 0 Å². The first kappa shape index (κ1) is 20.1. The van der Waals surface area contributed by atoms with Gasteiger partial charge in [0.05, 0.1) is 19.2 Å². The van der Waals surface area contributed by atoms with Gasteiger partial charge in [0.2, 0.25) is 5.91 Å². The van der Waals surface area contributed by atoms with E-state index in [9.17, 15) is 4.79 Å². The Morgan fingerprint density at radius 1 is 1.33 bits per heavy atom. The number of carbonyl (C=O) groups is 1. The van der Waals surface area contributed by atoms with E-state index in [1.165, 1.54) is 4.88 Å². The molecule has 146 valence electrons. The summed E-state index contributed by atoms with van der Waals surface area (Å²) < 4.78 is 11.3. The van der Waals surface area contributed by atoms with Gasteiger partial charge in [-0.15, -0.1) is 11.3 Å². The molecule has 5 nitrogen and oxygen atoms in total. The molecule has 0 aliphatic carbocycles.